The quantitative estimate of drug-likeness (QED) is 0.513. The number of rotatable bonds is 1. The molecule has 6 heteroatoms. The van der Waals surface area contributed by atoms with Crippen LogP contribution in [0.4, 0.5) is 0 Å². The van der Waals surface area contributed by atoms with E-state index in [1.165, 1.54) is 0 Å². The second kappa shape index (κ2) is 4.68. The standard InChI is InChI=1S/C8H13Cl2N3O/c9-6-5-7(10)12-8(11-6)13-1-3-14-4-2-13/h5-6,8,11-12H,1-4H2. The molecule has 2 aliphatic heterocycles. The molecule has 14 heavy (non-hydrogen) atoms. The van der Waals surface area contributed by atoms with Crippen molar-refractivity contribution < 1.29 is 4.74 Å². The predicted octanol–water partition coefficient (Wildman–Crippen LogP) is 0.440. The number of ether oxygens (including phenoxy) is 1. The van der Waals surface area contributed by atoms with Gasteiger partial charge in [0.1, 0.15) is 16.9 Å². The third kappa shape index (κ3) is 2.52. The Morgan fingerprint density at radius 2 is 2.14 bits per heavy atom. The van der Waals surface area contributed by atoms with E-state index in [0.29, 0.717) is 5.16 Å². The molecule has 2 unspecified atom stereocenters. The van der Waals surface area contributed by atoms with Crippen LogP contribution in [-0.4, -0.2) is 43.0 Å². The highest BCUT2D eigenvalue weighted by molar-refractivity contribution is 6.30. The molecule has 2 aliphatic rings. The molecule has 2 atom stereocenters. The first kappa shape index (κ1) is 10.5. The lowest BCUT2D eigenvalue weighted by atomic mass is 10.4. The van der Waals surface area contributed by atoms with Crippen molar-refractivity contribution in [1.82, 2.24) is 15.5 Å². The van der Waals surface area contributed by atoms with Gasteiger partial charge < -0.3 is 10.1 Å². The molecular formula is C8H13Cl2N3O. The fourth-order valence-electron chi connectivity index (χ4n) is 1.58. The van der Waals surface area contributed by atoms with Crippen molar-refractivity contribution in [3.05, 3.63) is 11.2 Å². The summed E-state index contributed by atoms with van der Waals surface area (Å²) in [5.41, 5.74) is -0.211. The molecule has 0 radical (unpaired) electrons. The Labute approximate surface area is 93.2 Å². The molecule has 0 bridgehead atoms. The lowest BCUT2D eigenvalue weighted by Gasteiger charge is -2.38. The monoisotopic (exact) mass is 237 g/mol. The van der Waals surface area contributed by atoms with Crippen molar-refractivity contribution >= 4 is 23.2 Å². The third-order valence-corrected chi connectivity index (χ3v) is 2.78. The summed E-state index contributed by atoms with van der Waals surface area (Å²) < 4.78 is 5.27. The number of nitrogens with one attached hydrogen (secondary N) is 2. The van der Waals surface area contributed by atoms with E-state index in [1.807, 2.05) is 0 Å². The Morgan fingerprint density at radius 3 is 2.79 bits per heavy atom. The maximum Gasteiger partial charge on any atom is 0.137 e. The lowest BCUT2D eigenvalue weighted by molar-refractivity contribution is 0.00179. The van der Waals surface area contributed by atoms with Gasteiger partial charge in [-0.2, -0.15) is 0 Å². The molecular weight excluding hydrogens is 225 g/mol. The Balaban J connectivity index is 1.94. The summed E-state index contributed by atoms with van der Waals surface area (Å²) in [5, 5.41) is 6.90. The fraction of sp³-hybridized carbons (Fsp3) is 0.750. The van der Waals surface area contributed by atoms with Gasteiger partial charge in [-0.25, -0.2) is 0 Å². The summed E-state index contributed by atoms with van der Waals surface area (Å²) in [4.78, 5) is 2.22. The highest BCUT2D eigenvalue weighted by atomic mass is 35.5. The first-order chi connectivity index (χ1) is 6.75. The second-order valence-electron chi connectivity index (χ2n) is 3.28. The third-order valence-electron chi connectivity index (χ3n) is 2.30. The van der Waals surface area contributed by atoms with E-state index in [2.05, 4.69) is 15.5 Å². The minimum absolute atomic E-state index is 0.0129. The van der Waals surface area contributed by atoms with E-state index in [-0.39, 0.29) is 11.8 Å². The first-order valence-corrected chi connectivity index (χ1v) is 5.43. The number of halogens is 2. The van der Waals surface area contributed by atoms with Gasteiger partial charge in [0.05, 0.1) is 13.2 Å². The van der Waals surface area contributed by atoms with Crippen LogP contribution in [0.15, 0.2) is 11.2 Å². The highest BCUT2D eigenvalue weighted by Gasteiger charge is 2.25. The van der Waals surface area contributed by atoms with Gasteiger partial charge in [-0.15, -0.1) is 11.6 Å². The molecule has 0 aromatic carbocycles. The largest absolute Gasteiger partial charge is 0.379 e. The maximum absolute atomic E-state index is 5.96. The Hall–Kier alpha value is -0.0000000000000000555. The molecule has 0 saturated carbocycles. The highest BCUT2D eigenvalue weighted by Crippen LogP contribution is 2.12. The molecule has 80 valence electrons. The van der Waals surface area contributed by atoms with Crippen LogP contribution in [0.2, 0.25) is 0 Å². The SMILES string of the molecule is ClC1=CC(Cl)NC(N2CCOCC2)N1. The van der Waals surface area contributed by atoms with Gasteiger partial charge in [0.25, 0.3) is 0 Å². The van der Waals surface area contributed by atoms with E-state index in [0.717, 1.165) is 26.3 Å². The molecule has 2 heterocycles. The predicted molar refractivity (Wildman–Crippen MR) is 56.0 cm³/mol. The van der Waals surface area contributed by atoms with Gasteiger partial charge in [0.2, 0.25) is 0 Å². The average molecular weight is 238 g/mol. The Bertz CT molecular complexity index is 231. The molecule has 0 aliphatic carbocycles. The molecule has 2 rings (SSSR count). The number of morpholine rings is 1. The molecule has 0 amide bonds. The summed E-state index contributed by atoms with van der Waals surface area (Å²) in [5.74, 6) is 0. The van der Waals surface area contributed by atoms with Crippen molar-refractivity contribution in [3.8, 4) is 0 Å². The van der Waals surface area contributed by atoms with Gasteiger partial charge >= 0.3 is 0 Å². The van der Waals surface area contributed by atoms with E-state index in [4.69, 9.17) is 27.9 Å². The van der Waals surface area contributed by atoms with Crippen LogP contribution in [0.25, 0.3) is 0 Å². The fourth-order valence-corrected chi connectivity index (χ4v) is 2.12. The van der Waals surface area contributed by atoms with Crippen molar-refractivity contribution in [2.45, 2.75) is 11.8 Å². The summed E-state index contributed by atoms with van der Waals surface area (Å²) in [6.07, 6.45) is 1.75. The van der Waals surface area contributed by atoms with E-state index >= 15 is 0 Å². The molecule has 0 aromatic heterocycles. The van der Waals surface area contributed by atoms with E-state index < -0.39 is 0 Å². The molecule has 0 aromatic rings. The first-order valence-electron chi connectivity index (χ1n) is 4.61. The van der Waals surface area contributed by atoms with Crippen LogP contribution >= 0.6 is 23.2 Å². The number of alkyl halides is 1. The smallest absolute Gasteiger partial charge is 0.137 e. The van der Waals surface area contributed by atoms with E-state index in [1.54, 1.807) is 6.08 Å². The Morgan fingerprint density at radius 1 is 1.43 bits per heavy atom. The molecule has 1 fully saturated rings. The van der Waals surface area contributed by atoms with Crippen LogP contribution in [0.3, 0.4) is 0 Å². The van der Waals surface area contributed by atoms with Gasteiger partial charge in [0, 0.05) is 13.1 Å². The summed E-state index contributed by atoms with van der Waals surface area (Å²) in [7, 11) is 0. The second-order valence-corrected chi connectivity index (χ2v) is 4.16. The zero-order valence-electron chi connectivity index (χ0n) is 7.67. The van der Waals surface area contributed by atoms with Crippen molar-refractivity contribution in [1.29, 1.82) is 0 Å². The van der Waals surface area contributed by atoms with Crippen LogP contribution in [-0.2, 0) is 4.74 Å². The zero-order valence-corrected chi connectivity index (χ0v) is 9.18. The number of hydrogen-bond acceptors (Lipinski definition) is 4. The molecule has 1 saturated heterocycles. The number of hydrogen-bond donors (Lipinski definition) is 2. The van der Waals surface area contributed by atoms with Crippen LogP contribution in [0.1, 0.15) is 0 Å². The van der Waals surface area contributed by atoms with Crippen LogP contribution in [0, 0.1) is 0 Å². The maximum atomic E-state index is 5.96. The van der Waals surface area contributed by atoms with Crippen molar-refractivity contribution in [3.63, 3.8) is 0 Å². The van der Waals surface area contributed by atoms with Gasteiger partial charge in [-0.05, 0) is 6.08 Å². The Kier molecular flexibility index (Phi) is 3.52. The minimum atomic E-state index is -0.211. The van der Waals surface area contributed by atoms with Crippen LogP contribution < -0.4 is 10.6 Å². The topological polar surface area (TPSA) is 36.5 Å². The zero-order chi connectivity index (χ0) is 9.97. The van der Waals surface area contributed by atoms with Crippen molar-refractivity contribution in [2.24, 2.45) is 0 Å². The van der Waals surface area contributed by atoms with Gasteiger partial charge in [-0.1, -0.05) is 11.6 Å². The van der Waals surface area contributed by atoms with Gasteiger partial charge in [-0.3, -0.25) is 10.2 Å². The van der Waals surface area contributed by atoms with E-state index in [9.17, 15) is 0 Å². The molecule has 0 spiro atoms. The average Bonchev–Trinajstić information content (AvgIpc) is 2.18. The van der Waals surface area contributed by atoms with Crippen LogP contribution in [0.5, 0.6) is 0 Å². The normalized spacial score (nSPS) is 34.9. The molecule has 4 nitrogen and oxygen atoms in total. The lowest BCUT2D eigenvalue weighted by Crippen LogP contribution is -2.60. The summed E-state index contributed by atoms with van der Waals surface area (Å²) in [6, 6.07) is 0. The van der Waals surface area contributed by atoms with Crippen molar-refractivity contribution in [2.75, 3.05) is 26.3 Å². The summed E-state index contributed by atoms with van der Waals surface area (Å²) in [6.45, 7) is 3.29. The van der Waals surface area contributed by atoms with Gasteiger partial charge in [0.15, 0.2) is 0 Å². The number of nitrogens with zero attached hydrogens (tertiary/aromatic N) is 1. The molecule has 2 N–H and O–H groups in total. The summed E-state index contributed by atoms with van der Waals surface area (Å²) >= 11 is 11.8. The minimum Gasteiger partial charge on any atom is -0.379 e.